The molecule has 0 spiro atoms. The van der Waals surface area contributed by atoms with Crippen molar-refractivity contribution in [1.82, 2.24) is 0 Å². The van der Waals surface area contributed by atoms with E-state index in [1.807, 2.05) is 91.0 Å². The number of hydrogen-bond acceptors (Lipinski definition) is 6. The Morgan fingerprint density at radius 1 is 0.606 bits per heavy atom. The van der Waals surface area contributed by atoms with Gasteiger partial charge in [0.15, 0.2) is 0 Å². The molecule has 3 heterocycles. The first-order valence-electron chi connectivity index (χ1n) is 11.3. The molecule has 3 aromatic rings. The molecule has 6 heteroatoms. The van der Waals surface area contributed by atoms with Crippen LogP contribution >= 0.6 is 0 Å². The summed E-state index contributed by atoms with van der Waals surface area (Å²) in [6.07, 6.45) is -3.55. The van der Waals surface area contributed by atoms with E-state index >= 15 is 0 Å². The van der Waals surface area contributed by atoms with Crippen LogP contribution in [-0.4, -0.2) is 41.7 Å². The van der Waals surface area contributed by atoms with E-state index < -0.39 is 42.6 Å². The average molecular weight is 446 g/mol. The van der Waals surface area contributed by atoms with Crippen molar-refractivity contribution in [2.24, 2.45) is 0 Å². The summed E-state index contributed by atoms with van der Waals surface area (Å²) in [5.74, 6) is -1.38. The van der Waals surface area contributed by atoms with Gasteiger partial charge in [-0.15, -0.1) is 0 Å². The smallest absolute Gasteiger partial charge is 0.313 e. The van der Waals surface area contributed by atoms with E-state index in [2.05, 4.69) is 0 Å². The molecule has 3 aromatic carbocycles. The van der Waals surface area contributed by atoms with E-state index in [9.17, 15) is 5.11 Å². The molecule has 4 aliphatic rings. The third kappa shape index (κ3) is 3.79. The second kappa shape index (κ2) is 8.65. The Labute approximate surface area is 192 Å². The largest absolute Gasteiger partial charge is 0.387 e. The van der Waals surface area contributed by atoms with Crippen molar-refractivity contribution in [2.75, 3.05) is 0 Å². The number of aliphatic hydroxyl groups excluding tert-OH is 1. The molecule has 4 fully saturated rings. The van der Waals surface area contributed by atoms with Crippen LogP contribution in [0.1, 0.15) is 16.7 Å². The summed E-state index contributed by atoms with van der Waals surface area (Å²) in [6.45, 7) is 0.764. The van der Waals surface area contributed by atoms with Gasteiger partial charge in [-0.05, 0) is 11.1 Å². The Balaban J connectivity index is 1.29. The number of benzene rings is 3. The maximum absolute atomic E-state index is 11.2. The lowest BCUT2D eigenvalue weighted by Crippen LogP contribution is -2.78. The lowest BCUT2D eigenvalue weighted by Gasteiger charge is -2.62. The van der Waals surface area contributed by atoms with Crippen LogP contribution in [0.4, 0.5) is 0 Å². The van der Waals surface area contributed by atoms with Crippen LogP contribution < -0.4 is 0 Å². The van der Waals surface area contributed by atoms with Gasteiger partial charge >= 0.3 is 5.97 Å². The van der Waals surface area contributed by atoms with E-state index in [1.54, 1.807) is 0 Å². The summed E-state index contributed by atoms with van der Waals surface area (Å²) < 4.78 is 31.5. The monoisotopic (exact) mass is 446 g/mol. The molecule has 4 unspecified atom stereocenters. The van der Waals surface area contributed by atoms with Crippen molar-refractivity contribution >= 4 is 0 Å². The highest BCUT2D eigenvalue weighted by atomic mass is 16.9. The highest BCUT2D eigenvalue weighted by molar-refractivity contribution is 5.23. The average Bonchev–Trinajstić information content (AvgIpc) is 2.88. The van der Waals surface area contributed by atoms with Crippen molar-refractivity contribution in [1.29, 1.82) is 0 Å². The van der Waals surface area contributed by atoms with Crippen molar-refractivity contribution in [3.63, 3.8) is 0 Å². The highest BCUT2D eigenvalue weighted by Gasteiger charge is 2.68. The van der Waals surface area contributed by atoms with Gasteiger partial charge in [-0.2, -0.15) is 0 Å². The second-order valence-electron chi connectivity index (χ2n) is 8.68. The number of rotatable bonds is 7. The van der Waals surface area contributed by atoms with Crippen LogP contribution in [0, 0.1) is 0 Å². The fraction of sp³-hybridized carbons (Fsp3) is 0.333. The zero-order valence-corrected chi connectivity index (χ0v) is 18.0. The van der Waals surface area contributed by atoms with Gasteiger partial charge in [0.1, 0.15) is 36.6 Å². The molecule has 0 aromatic heterocycles. The molecule has 7 rings (SSSR count). The number of hydrogen-bond donors (Lipinski definition) is 1. The Morgan fingerprint density at radius 2 is 1.03 bits per heavy atom. The lowest BCUT2D eigenvalue weighted by molar-refractivity contribution is -0.552. The van der Waals surface area contributed by atoms with E-state index in [0.29, 0.717) is 13.2 Å². The predicted octanol–water partition coefficient (Wildman–Crippen LogP) is 3.53. The van der Waals surface area contributed by atoms with Crippen LogP contribution in [0.3, 0.4) is 0 Å². The molecule has 4 atom stereocenters. The SMILES string of the molecule is OC1C2OC3(c4ccccc4)OC1C(OCc1ccccc1)C(O3)C2OCc1ccccc1. The normalized spacial score (nSPS) is 34.5. The molecule has 170 valence electrons. The third-order valence-electron chi connectivity index (χ3n) is 6.54. The van der Waals surface area contributed by atoms with E-state index in [4.69, 9.17) is 23.7 Å². The topological polar surface area (TPSA) is 66.4 Å². The molecule has 6 nitrogen and oxygen atoms in total. The van der Waals surface area contributed by atoms with E-state index in [1.165, 1.54) is 0 Å². The zero-order chi connectivity index (χ0) is 22.3. The highest BCUT2D eigenvalue weighted by Crippen LogP contribution is 2.51. The molecule has 1 N–H and O–H groups in total. The van der Waals surface area contributed by atoms with E-state index in [-0.39, 0.29) is 0 Å². The first-order valence-corrected chi connectivity index (χ1v) is 11.3. The molecule has 0 radical (unpaired) electrons. The van der Waals surface area contributed by atoms with Gasteiger partial charge in [-0.25, -0.2) is 0 Å². The maximum atomic E-state index is 11.2. The maximum Gasteiger partial charge on any atom is 0.313 e. The summed E-state index contributed by atoms with van der Waals surface area (Å²) in [7, 11) is 0. The minimum atomic E-state index is -1.38. The Kier molecular flexibility index (Phi) is 5.50. The van der Waals surface area contributed by atoms with Crippen molar-refractivity contribution in [3.8, 4) is 0 Å². The van der Waals surface area contributed by atoms with Crippen LogP contribution in [-0.2, 0) is 42.9 Å². The van der Waals surface area contributed by atoms with Gasteiger partial charge in [0.25, 0.3) is 0 Å². The number of ether oxygens (including phenoxy) is 5. The molecular formula is C27H26O6. The number of aliphatic hydroxyl groups is 1. The fourth-order valence-electron chi connectivity index (χ4n) is 4.92. The van der Waals surface area contributed by atoms with Crippen LogP contribution in [0.15, 0.2) is 91.0 Å². The van der Waals surface area contributed by atoms with Gasteiger partial charge in [0.2, 0.25) is 0 Å². The predicted molar refractivity (Wildman–Crippen MR) is 119 cm³/mol. The minimum Gasteiger partial charge on any atom is -0.387 e. The van der Waals surface area contributed by atoms with Gasteiger partial charge in [-0.1, -0.05) is 91.0 Å². The van der Waals surface area contributed by atoms with Crippen molar-refractivity contribution in [2.45, 2.75) is 55.8 Å². The summed E-state index contributed by atoms with van der Waals surface area (Å²) in [5, 5.41) is 11.2. The summed E-state index contributed by atoms with van der Waals surface area (Å²) in [5.41, 5.74) is 2.83. The van der Waals surface area contributed by atoms with Crippen molar-refractivity contribution < 1.29 is 28.8 Å². The Hall–Kier alpha value is -2.58. The minimum absolute atomic E-state index is 0.382. The van der Waals surface area contributed by atoms with Crippen LogP contribution in [0.5, 0.6) is 0 Å². The zero-order valence-electron chi connectivity index (χ0n) is 18.0. The molecule has 4 bridgehead atoms. The first kappa shape index (κ1) is 21.0. The Morgan fingerprint density at radius 3 is 1.52 bits per heavy atom. The summed E-state index contributed by atoms with van der Waals surface area (Å²) in [6, 6.07) is 29.4. The van der Waals surface area contributed by atoms with Gasteiger partial charge < -0.3 is 28.8 Å². The second-order valence-corrected chi connectivity index (χ2v) is 8.68. The van der Waals surface area contributed by atoms with Crippen molar-refractivity contribution in [3.05, 3.63) is 108 Å². The van der Waals surface area contributed by atoms with Gasteiger partial charge in [-0.3, -0.25) is 0 Å². The van der Waals surface area contributed by atoms with Gasteiger partial charge in [0, 0.05) is 5.56 Å². The van der Waals surface area contributed by atoms with Crippen LogP contribution in [0.2, 0.25) is 0 Å². The Bertz CT molecular complexity index is 998. The molecule has 33 heavy (non-hydrogen) atoms. The standard InChI is InChI=1S/C27H26O6/c28-21-22-24(29-16-18-10-4-1-5-11-18)26-25(30-17-19-12-6-2-7-13-19)23(21)32-27(31-22,33-26)20-14-8-3-9-15-20/h1-15,21-26,28H,16-17H2. The molecule has 0 amide bonds. The quantitative estimate of drug-likeness (QED) is 0.599. The van der Waals surface area contributed by atoms with Crippen LogP contribution in [0.25, 0.3) is 0 Å². The summed E-state index contributed by atoms with van der Waals surface area (Å²) >= 11 is 0. The molecular weight excluding hydrogens is 420 g/mol. The molecule has 3 saturated heterocycles. The molecule has 1 saturated carbocycles. The van der Waals surface area contributed by atoms with Gasteiger partial charge in [0.05, 0.1) is 13.2 Å². The summed E-state index contributed by atoms with van der Waals surface area (Å²) in [4.78, 5) is 0. The molecule has 3 aliphatic heterocycles. The molecule has 1 aliphatic carbocycles. The van der Waals surface area contributed by atoms with E-state index in [0.717, 1.165) is 16.7 Å². The third-order valence-corrected chi connectivity index (χ3v) is 6.54. The lowest BCUT2D eigenvalue weighted by atomic mass is 9.81. The first-order chi connectivity index (χ1) is 16.2. The fourth-order valence-corrected chi connectivity index (χ4v) is 4.92.